The second-order valence-corrected chi connectivity index (χ2v) is 7.92. The van der Waals surface area contributed by atoms with Gasteiger partial charge in [-0.2, -0.15) is 0 Å². The molecule has 0 fully saturated rings. The Balaban J connectivity index is 1.59. The monoisotopic (exact) mass is 443 g/mol. The first-order valence-electron chi connectivity index (χ1n) is 10.6. The van der Waals surface area contributed by atoms with Crippen molar-refractivity contribution in [3.63, 3.8) is 0 Å². The molecule has 0 aliphatic rings. The Morgan fingerprint density at radius 3 is 2.53 bits per heavy atom. The number of aryl methyl sites for hydroxylation is 2. The fraction of sp³-hybridized carbons (Fsp3) is 0.192. The molecule has 0 bridgehead atoms. The minimum Gasteiger partial charge on any atom is -0.462 e. The number of fused-ring (bicyclic) bond motifs is 1. The molecule has 32 heavy (non-hydrogen) atoms. The summed E-state index contributed by atoms with van der Waals surface area (Å²) in [6, 6.07) is 17.4. The fourth-order valence-corrected chi connectivity index (χ4v) is 4.28. The van der Waals surface area contributed by atoms with Gasteiger partial charge in [-0.25, -0.2) is 4.79 Å². The summed E-state index contributed by atoms with van der Waals surface area (Å²) in [7, 11) is 0. The summed E-state index contributed by atoms with van der Waals surface area (Å²) in [6.45, 7) is 4.28. The van der Waals surface area contributed by atoms with Crippen LogP contribution in [0.1, 0.15) is 39.7 Å². The molecule has 0 unspecified atom stereocenters. The van der Waals surface area contributed by atoms with Crippen LogP contribution in [0.5, 0.6) is 0 Å². The second kappa shape index (κ2) is 9.75. The summed E-state index contributed by atoms with van der Waals surface area (Å²) >= 11 is 5.81. The highest BCUT2D eigenvalue weighted by Crippen LogP contribution is 2.26. The molecular weight excluding hydrogens is 418 g/mol. The zero-order chi connectivity index (χ0) is 22.5. The van der Waals surface area contributed by atoms with Gasteiger partial charge < -0.3 is 14.5 Å². The number of carbonyl (C=O) groups excluding carboxylic acids is 1. The largest absolute Gasteiger partial charge is 0.462 e. The Kier molecular flexibility index (Phi) is 6.61. The highest BCUT2D eigenvalue weighted by Gasteiger charge is 2.18. The van der Waals surface area contributed by atoms with E-state index in [1.165, 1.54) is 16.8 Å². The van der Waals surface area contributed by atoms with Crippen LogP contribution >= 0.6 is 12.2 Å². The Bertz CT molecular complexity index is 1250. The molecule has 0 spiro atoms. The molecular formula is C26H25N3O2S. The number of rotatable bonds is 7. The zero-order valence-corrected chi connectivity index (χ0v) is 19.0. The van der Waals surface area contributed by atoms with E-state index in [0.29, 0.717) is 17.2 Å². The lowest BCUT2D eigenvalue weighted by atomic mass is 10.0. The zero-order valence-electron chi connectivity index (χ0n) is 18.2. The van der Waals surface area contributed by atoms with Gasteiger partial charge in [-0.05, 0) is 86.3 Å². The summed E-state index contributed by atoms with van der Waals surface area (Å²) < 4.78 is 7.27. The number of hydrogen-bond donors (Lipinski definition) is 1. The lowest BCUT2D eigenvalue weighted by molar-refractivity contribution is 0.0526. The summed E-state index contributed by atoms with van der Waals surface area (Å²) in [5.41, 5.74) is 7.13. The molecule has 0 saturated heterocycles. The van der Waals surface area contributed by atoms with E-state index in [1.54, 1.807) is 19.1 Å². The van der Waals surface area contributed by atoms with E-state index in [0.717, 1.165) is 29.6 Å². The molecule has 0 radical (unpaired) electrons. The molecule has 0 aliphatic heterocycles. The van der Waals surface area contributed by atoms with Crippen LogP contribution in [0.15, 0.2) is 73.2 Å². The van der Waals surface area contributed by atoms with E-state index >= 15 is 0 Å². The highest BCUT2D eigenvalue weighted by molar-refractivity contribution is 7.81. The molecule has 5 nitrogen and oxygen atoms in total. The van der Waals surface area contributed by atoms with Crippen LogP contribution in [0.25, 0.3) is 5.52 Å². The standard InChI is InChI=1S/C26H25N3O2S/c1-3-31-26(30)20-8-10-21(11-9-20)28-25(32)24-18(2)22(29-17-5-4-6-23(24)29)12-7-19-13-15-27-16-14-19/h4-6,8-11,13-17H,3,7,12H2,1-2H3,(H,28,32). The SMILES string of the molecule is CCOC(=O)c1ccc(NC(=S)c2c(C)c(CCc3ccncc3)n3ccccc23)cc1. The molecule has 162 valence electrons. The number of anilines is 1. The molecule has 6 heteroatoms. The van der Waals surface area contributed by atoms with Crippen molar-refractivity contribution < 1.29 is 9.53 Å². The van der Waals surface area contributed by atoms with Gasteiger partial charge in [0, 0.05) is 35.5 Å². The van der Waals surface area contributed by atoms with Crippen molar-refractivity contribution in [3.8, 4) is 0 Å². The van der Waals surface area contributed by atoms with Crippen LogP contribution in [0, 0.1) is 6.92 Å². The van der Waals surface area contributed by atoms with E-state index in [-0.39, 0.29) is 5.97 Å². The third-order valence-electron chi connectivity index (χ3n) is 5.50. The first-order chi connectivity index (χ1) is 15.6. The molecule has 4 rings (SSSR count). The van der Waals surface area contributed by atoms with Gasteiger partial charge in [0.2, 0.25) is 0 Å². The lowest BCUT2D eigenvalue weighted by Crippen LogP contribution is -2.12. The molecule has 1 N–H and O–H groups in total. The van der Waals surface area contributed by atoms with Crippen LogP contribution in [0.3, 0.4) is 0 Å². The smallest absolute Gasteiger partial charge is 0.338 e. The summed E-state index contributed by atoms with van der Waals surface area (Å²) in [5.74, 6) is -0.324. The van der Waals surface area contributed by atoms with E-state index in [9.17, 15) is 4.79 Å². The first kappa shape index (κ1) is 21.7. The van der Waals surface area contributed by atoms with Crippen LogP contribution in [-0.2, 0) is 17.6 Å². The Hall–Kier alpha value is -3.51. The second-order valence-electron chi connectivity index (χ2n) is 7.51. The number of thiocarbonyl (C=S) groups is 1. The summed E-state index contributed by atoms with van der Waals surface area (Å²) in [6.07, 6.45) is 7.58. The number of pyridine rings is 2. The number of nitrogens with zero attached hydrogens (tertiary/aromatic N) is 2. The lowest BCUT2D eigenvalue weighted by Gasteiger charge is -2.10. The van der Waals surface area contributed by atoms with Crippen molar-refractivity contribution in [2.75, 3.05) is 11.9 Å². The maximum atomic E-state index is 11.9. The van der Waals surface area contributed by atoms with Crippen LogP contribution < -0.4 is 5.32 Å². The number of ether oxygens (including phenoxy) is 1. The molecule has 0 saturated carbocycles. The summed E-state index contributed by atoms with van der Waals surface area (Å²) in [4.78, 5) is 16.6. The topological polar surface area (TPSA) is 55.6 Å². The third-order valence-corrected chi connectivity index (χ3v) is 5.80. The molecule has 0 atom stereocenters. The van der Waals surface area contributed by atoms with Crippen molar-refractivity contribution in [2.45, 2.75) is 26.7 Å². The van der Waals surface area contributed by atoms with Gasteiger partial charge >= 0.3 is 5.97 Å². The maximum Gasteiger partial charge on any atom is 0.338 e. The number of nitrogens with one attached hydrogen (secondary N) is 1. The normalized spacial score (nSPS) is 10.8. The van der Waals surface area contributed by atoms with Crippen molar-refractivity contribution in [2.24, 2.45) is 0 Å². The number of benzene rings is 1. The number of esters is 1. The Labute approximate surface area is 193 Å². The van der Waals surface area contributed by atoms with Gasteiger partial charge in [0.15, 0.2) is 0 Å². The fourth-order valence-electron chi connectivity index (χ4n) is 3.90. The average molecular weight is 444 g/mol. The molecule has 4 aromatic rings. The minimum atomic E-state index is -0.324. The van der Waals surface area contributed by atoms with E-state index in [1.807, 2.05) is 36.7 Å². The van der Waals surface area contributed by atoms with Crippen LogP contribution in [-0.4, -0.2) is 26.9 Å². The number of aromatic nitrogens is 2. The van der Waals surface area contributed by atoms with Crippen molar-refractivity contribution in [1.82, 2.24) is 9.38 Å². The number of carbonyl (C=O) groups is 1. The summed E-state index contributed by atoms with van der Waals surface area (Å²) in [5, 5.41) is 3.33. The van der Waals surface area contributed by atoms with Gasteiger partial charge in [0.05, 0.1) is 17.7 Å². The quantitative estimate of drug-likeness (QED) is 0.306. The molecule has 3 aromatic heterocycles. The van der Waals surface area contributed by atoms with Crippen molar-refractivity contribution in [1.29, 1.82) is 0 Å². The predicted octanol–water partition coefficient (Wildman–Crippen LogP) is 5.39. The van der Waals surface area contributed by atoms with E-state index in [4.69, 9.17) is 17.0 Å². The van der Waals surface area contributed by atoms with Crippen LogP contribution in [0.2, 0.25) is 0 Å². The van der Waals surface area contributed by atoms with Crippen molar-refractivity contribution >= 4 is 34.4 Å². The predicted molar refractivity (Wildman–Crippen MR) is 132 cm³/mol. The first-order valence-corrected chi connectivity index (χ1v) is 11.0. The molecule has 0 aliphatic carbocycles. The highest BCUT2D eigenvalue weighted by atomic mass is 32.1. The maximum absolute atomic E-state index is 11.9. The molecule has 1 aromatic carbocycles. The van der Waals surface area contributed by atoms with Crippen LogP contribution in [0.4, 0.5) is 5.69 Å². The molecule has 0 amide bonds. The van der Waals surface area contributed by atoms with Crippen molar-refractivity contribution in [3.05, 3.63) is 101 Å². The third kappa shape index (κ3) is 4.55. The number of hydrogen-bond acceptors (Lipinski definition) is 4. The van der Waals surface area contributed by atoms with Gasteiger partial charge in [-0.15, -0.1) is 0 Å². The van der Waals surface area contributed by atoms with Gasteiger partial charge in [-0.3, -0.25) is 4.98 Å². The minimum absolute atomic E-state index is 0.324. The van der Waals surface area contributed by atoms with Gasteiger partial charge in [0.25, 0.3) is 0 Å². The Morgan fingerprint density at radius 2 is 1.81 bits per heavy atom. The average Bonchev–Trinajstić information content (AvgIpc) is 3.10. The van der Waals surface area contributed by atoms with Gasteiger partial charge in [-0.1, -0.05) is 18.3 Å². The van der Waals surface area contributed by atoms with E-state index in [2.05, 4.69) is 46.0 Å². The Morgan fingerprint density at radius 1 is 1.06 bits per heavy atom. The molecule has 3 heterocycles. The van der Waals surface area contributed by atoms with Gasteiger partial charge in [0.1, 0.15) is 4.99 Å². The van der Waals surface area contributed by atoms with E-state index < -0.39 is 0 Å².